The predicted octanol–water partition coefficient (Wildman–Crippen LogP) is 4.99. The SMILES string of the molecule is O=C(NCC1CCC(c2nnc(-c3nccc4ccccc34)o2)CC1)c1ccccc1. The van der Waals surface area contributed by atoms with Crippen molar-refractivity contribution in [3.8, 4) is 11.6 Å². The largest absolute Gasteiger partial charge is 0.419 e. The predicted molar refractivity (Wildman–Crippen MR) is 119 cm³/mol. The Labute approximate surface area is 180 Å². The molecule has 2 aromatic carbocycles. The topological polar surface area (TPSA) is 80.9 Å². The van der Waals surface area contributed by atoms with Gasteiger partial charge in [0.05, 0.1) is 0 Å². The van der Waals surface area contributed by atoms with Gasteiger partial charge in [0.2, 0.25) is 5.89 Å². The summed E-state index contributed by atoms with van der Waals surface area (Å²) < 4.78 is 6.05. The number of nitrogens with zero attached hydrogens (tertiary/aromatic N) is 3. The second-order valence-electron chi connectivity index (χ2n) is 8.12. The number of fused-ring (bicyclic) bond motifs is 1. The van der Waals surface area contributed by atoms with Crippen LogP contribution in [0.1, 0.15) is 47.8 Å². The minimum absolute atomic E-state index is 0.00754. The molecule has 5 rings (SSSR count). The first-order valence-electron chi connectivity index (χ1n) is 10.8. The average molecular weight is 412 g/mol. The van der Waals surface area contributed by atoms with Crippen LogP contribution in [0.3, 0.4) is 0 Å². The van der Waals surface area contributed by atoms with Crippen molar-refractivity contribution in [1.29, 1.82) is 0 Å². The van der Waals surface area contributed by atoms with Crippen molar-refractivity contribution in [1.82, 2.24) is 20.5 Å². The fourth-order valence-corrected chi connectivity index (χ4v) is 4.33. The van der Waals surface area contributed by atoms with Crippen molar-refractivity contribution in [3.05, 3.63) is 78.3 Å². The van der Waals surface area contributed by atoms with Crippen molar-refractivity contribution in [2.45, 2.75) is 31.6 Å². The lowest BCUT2D eigenvalue weighted by molar-refractivity contribution is 0.0942. The lowest BCUT2D eigenvalue weighted by atomic mass is 9.82. The number of rotatable bonds is 5. The molecule has 0 radical (unpaired) electrons. The zero-order chi connectivity index (χ0) is 21.0. The summed E-state index contributed by atoms with van der Waals surface area (Å²) in [5, 5.41) is 13.8. The number of carbonyl (C=O) groups is 1. The fourth-order valence-electron chi connectivity index (χ4n) is 4.33. The summed E-state index contributed by atoms with van der Waals surface area (Å²) in [7, 11) is 0. The molecule has 2 aromatic heterocycles. The zero-order valence-corrected chi connectivity index (χ0v) is 17.2. The molecule has 1 aliphatic rings. The summed E-state index contributed by atoms with van der Waals surface area (Å²) in [6.45, 7) is 0.704. The first-order valence-corrected chi connectivity index (χ1v) is 10.8. The summed E-state index contributed by atoms with van der Waals surface area (Å²) in [4.78, 5) is 16.7. The van der Waals surface area contributed by atoms with Crippen molar-refractivity contribution < 1.29 is 9.21 Å². The molecule has 4 aromatic rings. The number of amides is 1. The summed E-state index contributed by atoms with van der Waals surface area (Å²) in [6.07, 6.45) is 5.80. The molecule has 31 heavy (non-hydrogen) atoms. The Hall–Kier alpha value is -3.54. The molecule has 1 saturated carbocycles. The van der Waals surface area contributed by atoms with Gasteiger partial charge in [-0.3, -0.25) is 9.78 Å². The molecular weight excluding hydrogens is 388 g/mol. The van der Waals surface area contributed by atoms with Crippen LogP contribution in [0, 0.1) is 5.92 Å². The normalized spacial score (nSPS) is 18.7. The van der Waals surface area contributed by atoms with Gasteiger partial charge in [-0.2, -0.15) is 0 Å². The van der Waals surface area contributed by atoms with Crippen LogP contribution in [0.4, 0.5) is 0 Å². The highest BCUT2D eigenvalue weighted by Crippen LogP contribution is 2.36. The monoisotopic (exact) mass is 412 g/mol. The van der Waals surface area contributed by atoms with Gasteiger partial charge in [0.15, 0.2) is 0 Å². The van der Waals surface area contributed by atoms with Crippen LogP contribution in [0.25, 0.3) is 22.4 Å². The highest BCUT2D eigenvalue weighted by atomic mass is 16.4. The maximum absolute atomic E-state index is 12.3. The molecule has 6 nitrogen and oxygen atoms in total. The molecule has 0 atom stereocenters. The molecule has 0 saturated heterocycles. The minimum atomic E-state index is -0.00754. The third kappa shape index (κ3) is 4.19. The maximum atomic E-state index is 12.3. The fraction of sp³-hybridized carbons (Fsp3) is 0.280. The van der Waals surface area contributed by atoms with Crippen molar-refractivity contribution in [2.24, 2.45) is 5.92 Å². The van der Waals surface area contributed by atoms with Crippen LogP contribution in [-0.4, -0.2) is 27.6 Å². The van der Waals surface area contributed by atoms with E-state index in [0.717, 1.165) is 42.1 Å². The molecule has 1 N–H and O–H groups in total. The number of hydrogen-bond acceptors (Lipinski definition) is 5. The van der Waals surface area contributed by atoms with E-state index in [4.69, 9.17) is 4.42 Å². The van der Waals surface area contributed by atoms with Crippen LogP contribution in [0.5, 0.6) is 0 Å². The number of hydrogen-bond donors (Lipinski definition) is 1. The molecule has 0 unspecified atom stereocenters. The summed E-state index contributed by atoms with van der Waals surface area (Å²) in [5.41, 5.74) is 1.44. The van der Waals surface area contributed by atoms with E-state index in [1.807, 2.05) is 54.6 Å². The Morgan fingerprint density at radius 1 is 0.935 bits per heavy atom. The molecule has 1 amide bonds. The Bertz CT molecular complexity index is 1180. The summed E-state index contributed by atoms with van der Waals surface area (Å²) in [6, 6.07) is 19.4. The number of carbonyl (C=O) groups excluding carboxylic acids is 1. The standard InChI is InChI=1S/C25H24N4O2/c30-23(19-7-2-1-3-8-19)27-16-17-10-12-20(13-11-17)24-28-29-25(31-24)22-21-9-5-4-6-18(21)14-15-26-22/h1-9,14-15,17,20H,10-13,16H2,(H,27,30). The summed E-state index contributed by atoms with van der Waals surface area (Å²) in [5.74, 6) is 1.90. The van der Waals surface area contributed by atoms with Crippen LogP contribution >= 0.6 is 0 Å². The van der Waals surface area contributed by atoms with Crippen molar-refractivity contribution in [3.63, 3.8) is 0 Å². The Balaban J connectivity index is 1.20. The van der Waals surface area contributed by atoms with Gasteiger partial charge >= 0.3 is 0 Å². The molecule has 1 aliphatic carbocycles. The second-order valence-corrected chi connectivity index (χ2v) is 8.12. The van der Waals surface area contributed by atoms with Crippen LogP contribution < -0.4 is 5.32 Å². The lowest BCUT2D eigenvalue weighted by Gasteiger charge is -2.26. The van der Waals surface area contributed by atoms with E-state index in [9.17, 15) is 4.79 Å². The van der Waals surface area contributed by atoms with Gasteiger partial charge in [0, 0.05) is 29.6 Å². The first kappa shape index (κ1) is 19.4. The van der Waals surface area contributed by atoms with Crippen molar-refractivity contribution >= 4 is 16.7 Å². The van der Waals surface area contributed by atoms with E-state index in [2.05, 4.69) is 26.6 Å². The average Bonchev–Trinajstić information content (AvgIpc) is 3.33. The highest BCUT2D eigenvalue weighted by Gasteiger charge is 2.27. The molecule has 156 valence electrons. The molecule has 0 bridgehead atoms. The van der Waals surface area contributed by atoms with Gasteiger partial charge in [-0.05, 0) is 55.2 Å². The highest BCUT2D eigenvalue weighted by molar-refractivity contribution is 5.94. The Morgan fingerprint density at radius 3 is 2.55 bits per heavy atom. The molecule has 1 fully saturated rings. The lowest BCUT2D eigenvalue weighted by Crippen LogP contribution is -2.31. The van der Waals surface area contributed by atoms with Gasteiger partial charge in [0.1, 0.15) is 5.69 Å². The number of nitrogens with one attached hydrogen (secondary N) is 1. The zero-order valence-electron chi connectivity index (χ0n) is 17.2. The first-order chi connectivity index (χ1) is 15.3. The molecular formula is C25H24N4O2. The quantitative estimate of drug-likeness (QED) is 0.499. The van der Waals surface area contributed by atoms with E-state index >= 15 is 0 Å². The second kappa shape index (κ2) is 8.68. The minimum Gasteiger partial charge on any atom is -0.419 e. The van der Waals surface area contributed by atoms with E-state index < -0.39 is 0 Å². The third-order valence-electron chi connectivity index (χ3n) is 6.10. The Morgan fingerprint density at radius 2 is 1.71 bits per heavy atom. The third-order valence-corrected chi connectivity index (χ3v) is 6.10. The smallest absolute Gasteiger partial charge is 0.266 e. The van der Waals surface area contributed by atoms with E-state index in [1.54, 1.807) is 6.20 Å². The number of benzene rings is 2. The number of aromatic nitrogens is 3. The Kier molecular flexibility index (Phi) is 5.44. The van der Waals surface area contributed by atoms with Crippen LogP contribution in [0.2, 0.25) is 0 Å². The van der Waals surface area contributed by atoms with E-state index in [0.29, 0.717) is 29.8 Å². The van der Waals surface area contributed by atoms with Crippen LogP contribution in [-0.2, 0) is 0 Å². The molecule has 6 heteroatoms. The van der Waals surface area contributed by atoms with E-state index in [1.165, 1.54) is 0 Å². The van der Waals surface area contributed by atoms with Crippen molar-refractivity contribution in [2.75, 3.05) is 6.54 Å². The molecule has 2 heterocycles. The van der Waals surface area contributed by atoms with Crippen LogP contribution in [0.15, 0.2) is 71.3 Å². The van der Waals surface area contributed by atoms with E-state index in [-0.39, 0.29) is 11.8 Å². The van der Waals surface area contributed by atoms with Gasteiger partial charge < -0.3 is 9.73 Å². The molecule has 0 spiro atoms. The van der Waals surface area contributed by atoms with Gasteiger partial charge in [-0.15, -0.1) is 10.2 Å². The van der Waals surface area contributed by atoms with Gasteiger partial charge in [-0.25, -0.2) is 0 Å². The molecule has 0 aliphatic heterocycles. The van der Waals surface area contributed by atoms with Gasteiger partial charge in [-0.1, -0.05) is 42.5 Å². The van der Waals surface area contributed by atoms with Gasteiger partial charge in [0.25, 0.3) is 11.8 Å². The number of pyridine rings is 1. The maximum Gasteiger partial charge on any atom is 0.266 e. The summed E-state index contributed by atoms with van der Waals surface area (Å²) >= 11 is 0.